The van der Waals surface area contributed by atoms with Crippen LogP contribution in [0.4, 0.5) is 4.79 Å². The first kappa shape index (κ1) is 10.7. The average molecular weight is 213 g/mol. The highest BCUT2D eigenvalue weighted by Gasteiger charge is 1.99. The smallest absolute Gasteiger partial charge is 0.404 e. The minimum absolute atomic E-state index is 0.145. The second-order valence-electron chi connectivity index (χ2n) is 2.71. The zero-order valence-electron chi connectivity index (χ0n) is 7.73. The predicted octanol–water partition coefficient (Wildman–Crippen LogP) is 1.02. The van der Waals surface area contributed by atoms with Crippen LogP contribution in [-0.2, 0) is 22.1 Å². The Morgan fingerprint density at radius 3 is 2.43 bits per heavy atom. The molecule has 1 aromatic rings. The van der Waals surface area contributed by atoms with Gasteiger partial charge in [0.2, 0.25) is 0 Å². The van der Waals surface area contributed by atoms with Crippen LogP contribution in [0.1, 0.15) is 5.56 Å². The molecule has 14 heavy (non-hydrogen) atoms. The van der Waals surface area contributed by atoms with Gasteiger partial charge < -0.3 is 10.5 Å². The molecule has 0 aromatic heterocycles. The third-order valence-corrected chi connectivity index (χ3v) is 2.57. The average Bonchev–Trinajstić information content (AvgIpc) is 2.15. The normalized spacial score (nSPS) is 12.1. The molecule has 1 amide bonds. The summed E-state index contributed by atoms with van der Waals surface area (Å²) in [6.45, 7) is 0.145. The molecule has 1 atom stereocenters. The number of rotatable bonds is 3. The molecule has 5 heteroatoms. The number of ether oxygens (including phenoxy) is 1. The van der Waals surface area contributed by atoms with E-state index in [1.165, 1.54) is 0 Å². The van der Waals surface area contributed by atoms with Crippen molar-refractivity contribution in [3.63, 3.8) is 0 Å². The van der Waals surface area contributed by atoms with Gasteiger partial charge in [-0.2, -0.15) is 0 Å². The molecule has 0 bridgehead atoms. The fourth-order valence-corrected chi connectivity index (χ4v) is 1.45. The van der Waals surface area contributed by atoms with Crippen molar-refractivity contribution in [2.24, 2.45) is 5.73 Å². The monoisotopic (exact) mass is 213 g/mol. The Kier molecular flexibility index (Phi) is 3.64. The van der Waals surface area contributed by atoms with E-state index in [1.54, 1.807) is 30.5 Å². The van der Waals surface area contributed by atoms with Crippen LogP contribution >= 0.6 is 0 Å². The molecular weight excluding hydrogens is 202 g/mol. The number of carbonyl (C=O) groups excluding carboxylic acids is 1. The number of nitrogens with two attached hydrogens (primary N) is 1. The van der Waals surface area contributed by atoms with Crippen LogP contribution in [0.2, 0.25) is 0 Å². The van der Waals surface area contributed by atoms with E-state index in [0.717, 1.165) is 10.5 Å². The van der Waals surface area contributed by atoms with Gasteiger partial charge in [0.25, 0.3) is 0 Å². The number of primary amides is 1. The Hall–Kier alpha value is -1.36. The Labute approximate surface area is 84.5 Å². The lowest BCUT2D eigenvalue weighted by Gasteiger charge is -2.02. The van der Waals surface area contributed by atoms with Gasteiger partial charge in [0.1, 0.15) is 6.61 Å². The SMILES string of the molecule is CS(=O)c1ccc(COC(N)=O)cc1. The van der Waals surface area contributed by atoms with Gasteiger partial charge in [0, 0.05) is 22.0 Å². The van der Waals surface area contributed by atoms with Crippen molar-refractivity contribution in [3.8, 4) is 0 Å². The first-order valence-corrected chi connectivity index (χ1v) is 5.50. The van der Waals surface area contributed by atoms with Crippen molar-refractivity contribution in [3.05, 3.63) is 29.8 Å². The Bertz CT molecular complexity index is 348. The summed E-state index contributed by atoms with van der Waals surface area (Å²) >= 11 is 0. The molecule has 4 nitrogen and oxygen atoms in total. The van der Waals surface area contributed by atoms with Gasteiger partial charge in [-0.05, 0) is 17.7 Å². The zero-order chi connectivity index (χ0) is 10.6. The second-order valence-corrected chi connectivity index (χ2v) is 4.09. The van der Waals surface area contributed by atoms with E-state index in [4.69, 9.17) is 5.73 Å². The fraction of sp³-hybridized carbons (Fsp3) is 0.222. The lowest BCUT2D eigenvalue weighted by Crippen LogP contribution is -2.12. The summed E-state index contributed by atoms with van der Waals surface area (Å²) in [6.07, 6.45) is 0.808. The van der Waals surface area contributed by atoms with E-state index in [0.29, 0.717) is 0 Å². The molecule has 1 unspecified atom stereocenters. The van der Waals surface area contributed by atoms with Crippen molar-refractivity contribution in [2.75, 3.05) is 6.26 Å². The lowest BCUT2D eigenvalue weighted by molar-refractivity contribution is 0.150. The van der Waals surface area contributed by atoms with Gasteiger partial charge in [-0.3, -0.25) is 4.21 Å². The lowest BCUT2D eigenvalue weighted by atomic mass is 10.2. The molecule has 2 N–H and O–H groups in total. The molecule has 0 aliphatic carbocycles. The number of amides is 1. The first-order valence-electron chi connectivity index (χ1n) is 3.94. The minimum atomic E-state index is -0.982. The molecule has 0 radical (unpaired) electrons. The van der Waals surface area contributed by atoms with Crippen LogP contribution in [0.25, 0.3) is 0 Å². The first-order chi connectivity index (χ1) is 6.59. The van der Waals surface area contributed by atoms with E-state index < -0.39 is 16.9 Å². The number of carbonyl (C=O) groups is 1. The molecule has 0 spiro atoms. The summed E-state index contributed by atoms with van der Waals surface area (Å²) in [5.41, 5.74) is 5.63. The maximum Gasteiger partial charge on any atom is 0.404 e. The highest BCUT2D eigenvalue weighted by Crippen LogP contribution is 2.08. The summed E-state index contributed by atoms with van der Waals surface area (Å²) in [7, 11) is -0.982. The molecule has 0 saturated carbocycles. The van der Waals surface area contributed by atoms with E-state index >= 15 is 0 Å². The number of hydrogen-bond donors (Lipinski definition) is 1. The van der Waals surface area contributed by atoms with Gasteiger partial charge >= 0.3 is 6.09 Å². The van der Waals surface area contributed by atoms with Crippen molar-refractivity contribution >= 4 is 16.9 Å². The van der Waals surface area contributed by atoms with Crippen LogP contribution in [0, 0.1) is 0 Å². The third-order valence-electron chi connectivity index (χ3n) is 1.64. The molecule has 0 heterocycles. The van der Waals surface area contributed by atoms with Gasteiger partial charge in [-0.25, -0.2) is 4.79 Å². The second kappa shape index (κ2) is 4.76. The molecule has 1 aromatic carbocycles. The molecule has 0 aliphatic heterocycles. The molecule has 76 valence electrons. The van der Waals surface area contributed by atoms with Crippen LogP contribution < -0.4 is 5.73 Å². The highest BCUT2D eigenvalue weighted by atomic mass is 32.2. The molecule has 1 rings (SSSR count). The van der Waals surface area contributed by atoms with Crippen LogP contribution in [-0.4, -0.2) is 16.6 Å². The quantitative estimate of drug-likeness (QED) is 0.815. The molecule has 0 saturated heterocycles. The summed E-state index contributed by atoms with van der Waals surface area (Å²) in [5.74, 6) is 0. The Morgan fingerprint density at radius 1 is 1.43 bits per heavy atom. The maximum absolute atomic E-state index is 11.0. The Morgan fingerprint density at radius 2 is 2.00 bits per heavy atom. The zero-order valence-corrected chi connectivity index (χ0v) is 8.54. The largest absolute Gasteiger partial charge is 0.445 e. The van der Waals surface area contributed by atoms with Gasteiger partial charge in [0.05, 0.1) is 0 Å². The third kappa shape index (κ3) is 3.18. The summed E-state index contributed by atoms with van der Waals surface area (Å²) in [4.78, 5) is 11.0. The van der Waals surface area contributed by atoms with Crippen molar-refractivity contribution in [1.82, 2.24) is 0 Å². The number of hydrogen-bond acceptors (Lipinski definition) is 3. The molecule has 0 aliphatic rings. The van der Waals surface area contributed by atoms with E-state index in [1.807, 2.05) is 0 Å². The van der Waals surface area contributed by atoms with E-state index in [-0.39, 0.29) is 6.61 Å². The van der Waals surface area contributed by atoms with Crippen LogP contribution in [0.5, 0.6) is 0 Å². The topological polar surface area (TPSA) is 69.4 Å². The molecule has 0 fully saturated rings. The summed E-state index contributed by atoms with van der Waals surface area (Å²) in [6, 6.07) is 6.96. The number of benzene rings is 1. The van der Waals surface area contributed by atoms with E-state index in [9.17, 15) is 9.00 Å². The van der Waals surface area contributed by atoms with Crippen molar-refractivity contribution in [1.29, 1.82) is 0 Å². The standard InChI is InChI=1S/C9H11NO3S/c1-14(12)8-4-2-7(3-5-8)6-13-9(10)11/h2-5H,6H2,1H3,(H2,10,11). The highest BCUT2D eigenvalue weighted by molar-refractivity contribution is 7.84. The van der Waals surface area contributed by atoms with Crippen molar-refractivity contribution < 1.29 is 13.7 Å². The van der Waals surface area contributed by atoms with E-state index in [2.05, 4.69) is 4.74 Å². The summed E-state index contributed by atoms with van der Waals surface area (Å²) < 4.78 is 15.6. The molecular formula is C9H11NO3S. The summed E-state index contributed by atoms with van der Waals surface area (Å²) in [5, 5.41) is 0. The van der Waals surface area contributed by atoms with Crippen molar-refractivity contribution in [2.45, 2.75) is 11.5 Å². The van der Waals surface area contributed by atoms with Gasteiger partial charge in [0.15, 0.2) is 0 Å². The minimum Gasteiger partial charge on any atom is -0.445 e. The van der Waals surface area contributed by atoms with Crippen LogP contribution in [0.3, 0.4) is 0 Å². The Balaban J connectivity index is 2.64. The fourth-order valence-electron chi connectivity index (χ4n) is 0.932. The predicted molar refractivity (Wildman–Crippen MR) is 53.1 cm³/mol. The van der Waals surface area contributed by atoms with Gasteiger partial charge in [-0.1, -0.05) is 12.1 Å². The van der Waals surface area contributed by atoms with Gasteiger partial charge in [-0.15, -0.1) is 0 Å². The maximum atomic E-state index is 11.0. The van der Waals surface area contributed by atoms with Crippen LogP contribution in [0.15, 0.2) is 29.2 Å².